The molecule has 0 aromatic heterocycles. The second-order valence-corrected chi connectivity index (χ2v) is 7.96. The van der Waals surface area contributed by atoms with Crippen LogP contribution in [0.15, 0.2) is 0 Å². The van der Waals surface area contributed by atoms with Crippen LogP contribution in [0.25, 0.3) is 0 Å². The molecule has 2 heterocycles. The summed E-state index contributed by atoms with van der Waals surface area (Å²) < 4.78 is 26.5. The molecule has 0 aliphatic carbocycles. The zero-order valence-electron chi connectivity index (χ0n) is 11.2. The molecule has 0 aromatic carbocycles. The first-order chi connectivity index (χ1) is 8.93. The Morgan fingerprint density at radius 2 is 1.89 bits per heavy atom. The second kappa shape index (κ2) is 5.96. The van der Waals surface area contributed by atoms with Gasteiger partial charge in [-0.3, -0.25) is 10.1 Å². The fourth-order valence-electron chi connectivity index (χ4n) is 2.14. The SMILES string of the molecule is CN(C)S(=O)(=O)N1CCN(C(=O)C2CSCN2)CC1. The first-order valence-electron chi connectivity index (χ1n) is 6.20. The van der Waals surface area contributed by atoms with Crippen LogP contribution < -0.4 is 5.32 Å². The van der Waals surface area contributed by atoms with Gasteiger partial charge in [-0.25, -0.2) is 0 Å². The quantitative estimate of drug-likeness (QED) is 0.694. The van der Waals surface area contributed by atoms with Crippen molar-refractivity contribution in [1.82, 2.24) is 18.8 Å². The number of rotatable bonds is 3. The van der Waals surface area contributed by atoms with Gasteiger partial charge in [0, 0.05) is 51.9 Å². The summed E-state index contributed by atoms with van der Waals surface area (Å²) in [4.78, 5) is 13.9. The standard InChI is InChI=1S/C10H20N4O3S2/c1-12(2)19(16,17)14-5-3-13(4-6-14)10(15)9-7-18-8-11-9/h9,11H,3-8H2,1-2H3. The summed E-state index contributed by atoms with van der Waals surface area (Å²) in [7, 11) is -0.318. The minimum Gasteiger partial charge on any atom is -0.339 e. The Morgan fingerprint density at radius 3 is 2.37 bits per heavy atom. The van der Waals surface area contributed by atoms with Crippen LogP contribution in [0.5, 0.6) is 0 Å². The summed E-state index contributed by atoms with van der Waals surface area (Å²) in [5, 5.41) is 3.15. The molecular weight excluding hydrogens is 288 g/mol. The van der Waals surface area contributed by atoms with Crippen molar-refractivity contribution in [2.75, 3.05) is 51.9 Å². The number of carbonyl (C=O) groups is 1. The zero-order chi connectivity index (χ0) is 14.0. The lowest BCUT2D eigenvalue weighted by atomic mass is 10.2. The highest BCUT2D eigenvalue weighted by molar-refractivity contribution is 7.99. The van der Waals surface area contributed by atoms with E-state index >= 15 is 0 Å². The Balaban J connectivity index is 1.90. The van der Waals surface area contributed by atoms with Gasteiger partial charge < -0.3 is 4.90 Å². The van der Waals surface area contributed by atoms with E-state index < -0.39 is 10.2 Å². The Morgan fingerprint density at radius 1 is 1.26 bits per heavy atom. The number of thioether (sulfide) groups is 1. The fourth-order valence-corrected chi connectivity index (χ4v) is 4.16. The van der Waals surface area contributed by atoms with Crippen LogP contribution in [0.1, 0.15) is 0 Å². The van der Waals surface area contributed by atoms with Crippen LogP contribution in [0.2, 0.25) is 0 Å². The highest BCUT2D eigenvalue weighted by Crippen LogP contribution is 2.15. The molecule has 2 fully saturated rings. The smallest absolute Gasteiger partial charge is 0.281 e. The first-order valence-corrected chi connectivity index (χ1v) is 8.75. The molecule has 0 aromatic rings. The zero-order valence-corrected chi connectivity index (χ0v) is 12.8. The average molecular weight is 308 g/mol. The summed E-state index contributed by atoms with van der Waals surface area (Å²) in [6.07, 6.45) is 0. The largest absolute Gasteiger partial charge is 0.339 e. The average Bonchev–Trinajstić information content (AvgIpc) is 2.91. The molecule has 1 amide bonds. The molecule has 7 nitrogen and oxygen atoms in total. The van der Waals surface area contributed by atoms with E-state index in [9.17, 15) is 13.2 Å². The summed E-state index contributed by atoms with van der Waals surface area (Å²) >= 11 is 1.71. The maximum Gasteiger partial charge on any atom is 0.281 e. The van der Waals surface area contributed by atoms with Gasteiger partial charge in [0.05, 0.1) is 6.04 Å². The highest BCUT2D eigenvalue weighted by Gasteiger charge is 2.33. The van der Waals surface area contributed by atoms with Crippen molar-refractivity contribution in [3.8, 4) is 0 Å². The van der Waals surface area contributed by atoms with Gasteiger partial charge in [0.2, 0.25) is 5.91 Å². The van der Waals surface area contributed by atoms with Crippen molar-refractivity contribution in [2.24, 2.45) is 0 Å². The first kappa shape index (κ1) is 15.0. The minimum atomic E-state index is -3.36. The molecule has 110 valence electrons. The van der Waals surface area contributed by atoms with E-state index in [-0.39, 0.29) is 11.9 Å². The van der Waals surface area contributed by atoms with Gasteiger partial charge in [0.25, 0.3) is 10.2 Å². The van der Waals surface area contributed by atoms with E-state index in [4.69, 9.17) is 0 Å². The summed E-state index contributed by atoms with van der Waals surface area (Å²) in [5.41, 5.74) is 0. The van der Waals surface area contributed by atoms with Gasteiger partial charge in [-0.15, -0.1) is 11.8 Å². The van der Waals surface area contributed by atoms with Crippen molar-refractivity contribution in [2.45, 2.75) is 6.04 Å². The number of hydrogen-bond acceptors (Lipinski definition) is 5. The van der Waals surface area contributed by atoms with Gasteiger partial charge in [0.15, 0.2) is 0 Å². The number of nitrogens with one attached hydrogen (secondary N) is 1. The highest BCUT2D eigenvalue weighted by atomic mass is 32.2. The van der Waals surface area contributed by atoms with Crippen molar-refractivity contribution >= 4 is 27.9 Å². The van der Waals surface area contributed by atoms with Gasteiger partial charge in [-0.1, -0.05) is 0 Å². The Labute approximate surface area is 118 Å². The van der Waals surface area contributed by atoms with Crippen LogP contribution in [0.3, 0.4) is 0 Å². The van der Waals surface area contributed by atoms with E-state index in [2.05, 4.69) is 5.32 Å². The van der Waals surface area contributed by atoms with Gasteiger partial charge in [-0.05, 0) is 0 Å². The van der Waals surface area contributed by atoms with Crippen LogP contribution in [0.4, 0.5) is 0 Å². The molecule has 0 saturated carbocycles. The second-order valence-electron chi connectivity index (χ2n) is 4.79. The van der Waals surface area contributed by atoms with Crippen molar-refractivity contribution < 1.29 is 13.2 Å². The summed E-state index contributed by atoms with van der Waals surface area (Å²) in [5.74, 6) is 1.70. The van der Waals surface area contributed by atoms with E-state index in [1.54, 1.807) is 16.7 Å². The fraction of sp³-hybridized carbons (Fsp3) is 0.900. The number of nitrogens with zero attached hydrogens (tertiary/aromatic N) is 3. The molecule has 2 saturated heterocycles. The van der Waals surface area contributed by atoms with Crippen molar-refractivity contribution in [1.29, 1.82) is 0 Å². The van der Waals surface area contributed by atoms with Crippen molar-refractivity contribution in [3.05, 3.63) is 0 Å². The Kier molecular flexibility index (Phi) is 4.72. The molecule has 2 aliphatic heterocycles. The Hall–Kier alpha value is -0.350. The monoisotopic (exact) mass is 308 g/mol. The van der Waals surface area contributed by atoms with Crippen molar-refractivity contribution in [3.63, 3.8) is 0 Å². The molecule has 1 N–H and O–H groups in total. The number of piperazine rings is 1. The number of amides is 1. The predicted octanol–water partition coefficient (Wildman–Crippen LogP) is -1.40. The molecule has 0 radical (unpaired) electrons. The number of hydrogen-bond donors (Lipinski definition) is 1. The molecule has 0 bridgehead atoms. The van der Waals surface area contributed by atoms with Crippen LogP contribution in [-0.2, 0) is 15.0 Å². The van der Waals surface area contributed by atoms with E-state index in [1.807, 2.05) is 0 Å². The Bertz CT molecular complexity index is 426. The maximum absolute atomic E-state index is 12.2. The molecule has 0 spiro atoms. The van der Waals surface area contributed by atoms with E-state index in [0.29, 0.717) is 26.2 Å². The number of carbonyl (C=O) groups excluding carboxylic acids is 1. The molecule has 2 aliphatic rings. The summed E-state index contributed by atoms with van der Waals surface area (Å²) in [6, 6.07) is -0.109. The third kappa shape index (κ3) is 3.22. The van der Waals surface area contributed by atoms with Gasteiger partial charge in [0.1, 0.15) is 0 Å². The van der Waals surface area contributed by atoms with E-state index in [1.165, 1.54) is 22.7 Å². The molecule has 19 heavy (non-hydrogen) atoms. The van der Waals surface area contributed by atoms with Gasteiger partial charge >= 0.3 is 0 Å². The molecule has 1 atom stereocenters. The maximum atomic E-state index is 12.2. The third-order valence-corrected chi connectivity index (χ3v) is 6.23. The lowest BCUT2D eigenvalue weighted by molar-refractivity contribution is -0.133. The topological polar surface area (TPSA) is 73.0 Å². The molecule has 2 rings (SSSR count). The minimum absolute atomic E-state index is 0.0897. The normalized spacial score (nSPS) is 26.1. The predicted molar refractivity (Wildman–Crippen MR) is 75.0 cm³/mol. The molecule has 1 unspecified atom stereocenters. The van der Waals surface area contributed by atoms with Crippen LogP contribution in [0, 0.1) is 0 Å². The lowest BCUT2D eigenvalue weighted by Crippen LogP contribution is -2.56. The third-order valence-electron chi connectivity index (χ3n) is 3.35. The summed E-state index contributed by atoms with van der Waals surface area (Å²) in [6.45, 7) is 1.67. The van der Waals surface area contributed by atoms with Crippen LogP contribution in [-0.4, -0.2) is 85.8 Å². The lowest BCUT2D eigenvalue weighted by Gasteiger charge is -2.36. The molecular formula is C10H20N4O3S2. The van der Waals surface area contributed by atoms with Crippen LogP contribution >= 0.6 is 11.8 Å². The molecule has 9 heteroatoms. The van der Waals surface area contributed by atoms with E-state index in [0.717, 1.165) is 11.6 Å². The van der Waals surface area contributed by atoms with Gasteiger partial charge in [-0.2, -0.15) is 17.0 Å².